The zero-order valence-electron chi connectivity index (χ0n) is 11.5. The van der Waals surface area contributed by atoms with Crippen LogP contribution in [-0.2, 0) is 10.0 Å². The van der Waals surface area contributed by atoms with Gasteiger partial charge in [0.15, 0.2) is 0 Å². The van der Waals surface area contributed by atoms with Crippen LogP contribution in [0, 0.1) is 0 Å². The van der Waals surface area contributed by atoms with E-state index in [1.54, 1.807) is 12.1 Å². The van der Waals surface area contributed by atoms with Crippen LogP contribution in [0.25, 0.3) is 10.8 Å². The standard InChI is InChI=1S/C15H20N2O2S/c1-2-13(10-11-16)17-20(18,19)15-9-5-7-12-6-3-4-8-14(12)15/h3-9,13,17H,2,10-11,16H2,1H3. The average molecular weight is 292 g/mol. The van der Waals surface area contributed by atoms with Crippen LogP contribution in [0.3, 0.4) is 0 Å². The van der Waals surface area contributed by atoms with Gasteiger partial charge in [0.2, 0.25) is 10.0 Å². The highest BCUT2D eigenvalue weighted by Crippen LogP contribution is 2.23. The van der Waals surface area contributed by atoms with E-state index >= 15 is 0 Å². The van der Waals surface area contributed by atoms with E-state index in [2.05, 4.69) is 4.72 Å². The summed E-state index contributed by atoms with van der Waals surface area (Å²) in [4.78, 5) is 0.325. The van der Waals surface area contributed by atoms with Crippen LogP contribution in [-0.4, -0.2) is 21.0 Å². The summed E-state index contributed by atoms with van der Waals surface area (Å²) in [5.74, 6) is 0. The van der Waals surface area contributed by atoms with E-state index in [-0.39, 0.29) is 6.04 Å². The van der Waals surface area contributed by atoms with Crippen molar-refractivity contribution in [3.8, 4) is 0 Å². The third-order valence-electron chi connectivity index (χ3n) is 3.37. The molecule has 0 aliphatic rings. The fourth-order valence-corrected chi connectivity index (χ4v) is 3.84. The Kier molecular flexibility index (Phi) is 4.75. The van der Waals surface area contributed by atoms with Crippen molar-refractivity contribution >= 4 is 20.8 Å². The fraction of sp³-hybridized carbons (Fsp3) is 0.333. The van der Waals surface area contributed by atoms with Crippen LogP contribution >= 0.6 is 0 Å². The van der Waals surface area contributed by atoms with E-state index in [0.717, 1.165) is 17.2 Å². The van der Waals surface area contributed by atoms with Crippen molar-refractivity contribution in [2.75, 3.05) is 6.54 Å². The minimum Gasteiger partial charge on any atom is -0.330 e. The molecule has 2 rings (SSSR count). The van der Waals surface area contributed by atoms with E-state index in [1.165, 1.54) is 0 Å². The third-order valence-corrected chi connectivity index (χ3v) is 4.95. The summed E-state index contributed by atoms with van der Waals surface area (Å²) in [6.45, 7) is 2.42. The second-order valence-corrected chi connectivity index (χ2v) is 6.46. The van der Waals surface area contributed by atoms with Crippen LogP contribution < -0.4 is 10.5 Å². The molecule has 1 unspecified atom stereocenters. The molecule has 20 heavy (non-hydrogen) atoms. The molecule has 0 saturated carbocycles. The highest BCUT2D eigenvalue weighted by molar-refractivity contribution is 7.89. The number of hydrogen-bond acceptors (Lipinski definition) is 3. The Labute approximate surface area is 120 Å². The van der Waals surface area contributed by atoms with Gasteiger partial charge in [0.25, 0.3) is 0 Å². The monoisotopic (exact) mass is 292 g/mol. The van der Waals surface area contributed by atoms with Crippen molar-refractivity contribution in [1.82, 2.24) is 4.72 Å². The molecule has 108 valence electrons. The van der Waals surface area contributed by atoms with Crippen molar-refractivity contribution in [2.45, 2.75) is 30.7 Å². The number of fused-ring (bicyclic) bond motifs is 1. The van der Waals surface area contributed by atoms with Crippen LogP contribution in [0.15, 0.2) is 47.4 Å². The maximum Gasteiger partial charge on any atom is 0.241 e. The molecule has 3 N–H and O–H groups in total. The minimum atomic E-state index is -3.53. The van der Waals surface area contributed by atoms with Crippen molar-refractivity contribution < 1.29 is 8.42 Å². The molecule has 0 aliphatic heterocycles. The minimum absolute atomic E-state index is 0.121. The summed E-state index contributed by atoms with van der Waals surface area (Å²) in [7, 11) is -3.53. The van der Waals surface area contributed by atoms with Crippen molar-refractivity contribution in [3.05, 3.63) is 42.5 Å². The average Bonchev–Trinajstić information content (AvgIpc) is 2.46. The third kappa shape index (κ3) is 3.17. The van der Waals surface area contributed by atoms with Gasteiger partial charge in [0.1, 0.15) is 0 Å². The molecule has 5 heteroatoms. The molecule has 0 fully saturated rings. The topological polar surface area (TPSA) is 72.2 Å². The zero-order valence-corrected chi connectivity index (χ0v) is 12.4. The summed E-state index contributed by atoms with van der Waals surface area (Å²) in [6, 6.07) is 12.7. The Morgan fingerprint density at radius 1 is 1.15 bits per heavy atom. The van der Waals surface area contributed by atoms with E-state index in [1.807, 2.05) is 37.3 Å². The highest BCUT2D eigenvalue weighted by atomic mass is 32.2. The molecule has 4 nitrogen and oxygen atoms in total. The van der Waals surface area contributed by atoms with Gasteiger partial charge >= 0.3 is 0 Å². The van der Waals surface area contributed by atoms with Gasteiger partial charge in [-0.05, 0) is 30.8 Å². The summed E-state index contributed by atoms with van der Waals surface area (Å²) < 4.78 is 27.8. The molecule has 0 spiro atoms. The Hall–Kier alpha value is -1.43. The van der Waals surface area contributed by atoms with E-state index < -0.39 is 10.0 Å². The van der Waals surface area contributed by atoms with Crippen molar-refractivity contribution in [1.29, 1.82) is 0 Å². The van der Waals surface area contributed by atoms with E-state index in [9.17, 15) is 8.42 Å². The number of nitrogens with one attached hydrogen (secondary N) is 1. The quantitative estimate of drug-likeness (QED) is 0.857. The maximum absolute atomic E-state index is 12.5. The molecule has 0 aromatic heterocycles. The van der Waals surface area contributed by atoms with E-state index in [0.29, 0.717) is 17.9 Å². The van der Waals surface area contributed by atoms with Crippen molar-refractivity contribution in [3.63, 3.8) is 0 Å². The molecule has 2 aromatic carbocycles. The second-order valence-electron chi connectivity index (χ2n) is 4.78. The molecular weight excluding hydrogens is 272 g/mol. The molecular formula is C15H20N2O2S. The summed E-state index contributed by atoms with van der Waals surface area (Å²) in [6.07, 6.45) is 1.36. The molecule has 0 saturated heterocycles. The first-order valence-corrected chi connectivity index (χ1v) is 8.27. The van der Waals surface area contributed by atoms with Gasteiger partial charge in [0, 0.05) is 11.4 Å². The summed E-state index contributed by atoms with van der Waals surface area (Å²) in [5.41, 5.74) is 5.52. The number of nitrogens with two attached hydrogens (primary N) is 1. The smallest absolute Gasteiger partial charge is 0.241 e. The Morgan fingerprint density at radius 3 is 2.55 bits per heavy atom. The van der Waals surface area contributed by atoms with Gasteiger partial charge in [0.05, 0.1) is 4.90 Å². The molecule has 0 heterocycles. The first-order valence-electron chi connectivity index (χ1n) is 6.78. The van der Waals surface area contributed by atoms with Gasteiger partial charge in [-0.3, -0.25) is 0 Å². The van der Waals surface area contributed by atoms with Crippen LogP contribution in [0.2, 0.25) is 0 Å². The summed E-state index contributed by atoms with van der Waals surface area (Å²) >= 11 is 0. The first kappa shape index (κ1) is 15.0. The molecule has 2 aromatic rings. The van der Waals surface area contributed by atoms with Crippen LogP contribution in [0.1, 0.15) is 19.8 Å². The fourth-order valence-electron chi connectivity index (χ4n) is 2.26. The predicted molar refractivity (Wildman–Crippen MR) is 82.0 cm³/mol. The van der Waals surface area contributed by atoms with Crippen molar-refractivity contribution in [2.24, 2.45) is 5.73 Å². The lowest BCUT2D eigenvalue weighted by Gasteiger charge is -2.17. The van der Waals surface area contributed by atoms with Gasteiger partial charge in [-0.15, -0.1) is 0 Å². The van der Waals surface area contributed by atoms with Gasteiger partial charge in [-0.2, -0.15) is 0 Å². The lowest BCUT2D eigenvalue weighted by Crippen LogP contribution is -2.35. The lowest BCUT2D eigenvalue weighted by molar-refractivity contribution is 0.521. The normalized spacial score (nSPS) is 13.5. The van der Waals surface area contributed by atoms with Gasteiger partial charge in [-0.25, -0.2) is 13.1 Å². The Morgan fingerprint density at radius 2 is 1.85 bits per heavy atom. The summed E-state index contributed by atoms with van der Waals surface area (Å²) in [5, 5.41) is 1.66. The lowest BCUT2D eigenvalue weighted by atomic mass is 10.1. The number of hydrogen-bond donors (Lipinski definition) is 2. The first-order chi connectivity index (χ1) is 9.58. The van der Waals surface area contributed by atoms with Gasteiger partial charge in [-0.1, -0.05) is 43.3 Å². The SMILES string of the molecule is CCC(CCN)NS(=O)(=O)c1cccc2ccccc12. The second kappa shape index (κ2) is 6.35. The van der Waals surface area contributed by atoms with E-state index in [4.69, 9.17) is 5.73 Å². The largest absolute Gasteiger partial charge is 0.330 e. The number of benzene rings is 2. The Bertz CT molecular complexity index is 678. The number of sulfonamides is 1. The molecule has 0 bridgehead atoms. The number of rotatable bonds is 6. The molecule has 0 aliphatic carbocycles. The maximum atomic E-state index is 12.5. The van der Waals surface area contributed by atoms with Crippen LogP contribution in [0.5, 0.6) is 0 Å². The molecule has 1 atom stereocenters. The molecule has 0 radical (unpaired) electrons. The zero-order chi connectivity index (χ0) is 14.6. The van der Waals surface area contributed by atoms with Gasteiger partial charge < -0.3 is 5.73 Å². The highest BCUT2D eigenvalue weighted by Gasteiger charge is 2.20. The van der Waals surface area contributed by atoms with Crippen LogP contribution in [0.4, 0.5) is 0 Å². The Balaban J connectivity index is 2.41. The predicted octanol–water partition coefficient (Wildman–Crippen LogP) is 2.25. The molecule has 0 amide bonds.